The molecule has 3 rings (SSSR count). The van der Waals surface area contributed by atoms with Crippen LogP contribution in [0.2, 0.25) is 0 Å². The second-order valence-electron chi connectivity index (χ2n) is 6.42. The van der Waals surface area contributed by atoms with E-state index < -0.39 is 0 Å². The Kier molecular flexibility index (Phi) is 5.74. The summed E-state index contributed by atoms with van der Waals surface area (Å²) in [6.45, 7) is 8.18. The number of hydrogen-bond donors (Lipinski definition) is 1. The number of anilines is 1. The molecule has 0 unspecified atom stereocenters. The highest BCUT2D eigenvalue weighted by atomic mass is 32.2. The Hall–Kier alpha value is -2.18. The number of amides is 1. The minimum Gasteiger partial charge on any atom is -0.296 e. The Labute approximate surface area is 162 Å². The Balaban J connectivity index is 1.64. The van der Waals surface area contributed by atoms with E-state index in [0.717, 1.165) is 21.2 Å². The summed E-state index contributed by atoms with van der Waals surface area (Å²) in [5, 5.41) is 11.6. The third-order valence-electron chi connectivity index (χ3n) is 3.97. The van der Waals surface area contributed by atoms with Crippen LogP contribution in [0.5, 0.6) is 0 Å². The molecule has 6 heteroatoms. The van der Waals surface area contributed by atoms with Gasteiger partial charge in [0.2, 0.25) is 5.13 Å². The predicted molar refractivity (Wildman–Crippen MR) is 109 cm³/mol. The minimum absolute atomic E-state index is 0.154. The summed E-state index contributed by atoms with van der Waals surface area (Å²) in [4.78, 5) is 12.4. The van der Waals surface area contributed by atoms with Crippen LogP contribution in [0, 0.1) is 27.7 Å². The van der Waals surface area contributed by atoms with Gasteiger partial charge in [-0.15, -0.1) is 10.2 Å². The third kappa shape index (κ3) is 4.71. The number of nitrogens with zero attached hydrogens (tertiary/aromatic N) is 2. The second-order valence-corrected chi connectivity index (χ2v) is 8.62. The molecule has 0 aliphatic rings. The summed E-state index contributed by atoms with van der Waals surface area (Å²) >= 11 is 3.04. The molecule has 1 heterocycles. The fourth-order valence-electron chi connectivity index (χ4n) is 2.69. The summed E-state index contributed by atoms with van der Waals surface area (Å²) in [6, 6.07) is 12.3. The molecule has 0 bridgehead atoms. The molecule has 0 saturated carbocycles. The number of carbonyl (C=O) groups is 1. The Morgan fingerprint density at radius 2 is 1.73 bits per heavy atom. The van der Waals surface area contributed by atoms with Gasteiger partial charge in [-0.2, -0.15) is 0 Å². The first-order chi connectivity index (χ1) is 12.4. The molecule has 0 aliphatic carbocycles. The number of thioether (sulfide) groups is 1. The van der Waals surface area contributed by atoms with Gasteiger partial charge in [0, 0.05) is 11.3 Å². The normalized spacial score (nSPS) is 10.8. The molecule has 26 heavy (non-hydrogen) atoms. The van der Waals surface area contributed by atoms with Crippen LogP contribution in [0.15, 0.2) is 40.7 Å². The summed E-state index contributed by atoms with van der Waals surface area (Å²) in [5.41, 5.74) is 6.60. The number of aryl methyl sites for hydroxylation is 4. The maximum absolute atomic E-state index is 12.4. The predicted octanol–water partition coefficient (Wildman–Crippen LogP) is 5.32. The van der Waals surface area contributed by atoms with Crippen LogP contribution >= 0.6 is 23.1 Å². The molecule has 0 atom stereocenters. The van der Waals surface area contributed by atoms with Crippen molar-refractivity contribution in [3.05, 3.63) is 69.8 Å². The summed E-state index contributed by atoms with van der Waals surface area (Å²) < 4.78 is 0.849. The van der Waals surface area contributed by atoms with Crippen molar-refractivity contribution in [2.45, 2.75) is 37.8 Å². The zero-order valence-electron chi connectivity index (χ0n) is 15.3. The second kappa shape index (κ2) is 8.01. The standard InChI is InChI=1S/C20H21N3OS2/c1-12-5-6-15(4)17(8-12)11-25-20-23-22-19(26-20)21-18(24)16-9-13(2)7-14(3)10-16/h5-10H,11H2,1-4H3,(H,21,22,24). The van der Waals surface area contributed by atoms with Crippen molar-refractivity contribution < 1.29 is 4.79 Å². The first-order valence-corrected chi connectivity index (χ1v) is 10.1. The van der Waals surface area contributed by atoms with E-state index >= 15 is 0 Å². The number of benzene rings is 2. The van der Waals surface area contributed by atoms with Gasteiger partial charge in [0.25, 0.3) is 5.91 Å². The molecule has 2 aromatic carbocycles. The Bertz CT molecular complexity index is 930. The first kappa shape index (κ1) is 18.6. The van der Waals surface area contributed by atoms with Gasteiger partial charge in [-0.1, -0.05) is 64.1 Å². The first-order valence-electron chi connectivity index (χ1n) is 8.33. The highest BCUT2D eigenvalue weighted by molar-refractivity contribution is 8.00. The maximum Gasteiger partial charge on any atom is 0.257 e. The van der Waals surface area contributed by atoms with Crippen LogP contribution in [-0.4, -0.2) is 16.1 Å². The zero-order valence-corrected chi connectivity index (χ0v) is 16.9. The van der Waals surface area contributed by atoms with Gasteiger partial charge < -0.3 is 0 Å². The van der Waals surface area contributed by atoms with Gasteiger partial charge >= 0.3 is 0 Å². The molecule has 0 fully saturated rings. The van der Waals surface area contributed by atoms with Crippen molar-refractivity contribution in [3.63, 3.8) is 0 Å². The van der Waals surface area contributed by atoms with Crippen molar-refractivity contribution in [1.29, 1.82) is 0 Å². The molecule has 0 radical (unpaired) electrons. The lowest BCUT2D eigenvalue weighted by atomic mass is 10.1. The highest BCUT2D eigenvalue weighted by Gasteiger charge is 2.12. The van der Waals surface area contributed by atoms with Crippen molar-refractivity contribution in [2.75, 3.05) is 5.32 Å². The fourth-order valence-corrected chi connectivity index (χ4v) is 4.50. The average Bonchev–Trinajstić information content (AvgIpc) is 3.02. The van der Waals surface area contributed by atoms with E-state index in [1.54, 1.807) is 11.8 Å². The molecular formula is C20H21N3OS2. The van der Waals surface area contributed by atoms with Crippen LogP contribution in [0.25, 0.3) is 0 Å². The van der Waals surface area contributed by atoms with E-state index in [-0.39, 0.29) is 5.91 Å². The van der Waals surface area contributed by atoms with Crippen LogP contribution < -0.4 is 5.32 Å². The van der Waals surface area contributed by atoms with E-state index in [9.17, 15) is 4.79 Å². The highest BCUT2D eigenvalue weighted by Crippen LogP contribution is 2.29. The van der Waals surface area contributed by atoms with Crippen LogP contribution in [0.3, 0.4) is 0 Å². The molecule has 1 N–H and O–H groups in total. The third-order valence-corrected chi connectivity index (χ3v) is 5.99. The van der Waals surface area contributed by atoms with Gasteiger partial charge in [0.15, 0.2) is 4.34 Å². The molecule has 0 spiro atoms. The average molecular weight is 384 g/mol. The Morgan fingerprint density at radius 1 is 1.00 bits per heavy atom. The molecular weight excluding hydrogens is 362 g/mol. The van der Waals surface area contributed by atoms with Crippen molar-refractivity contribution >= 4 is 34.1 Å². The quantitative estimate of drug-likeness (QED) is 0.479. The zero-order chi connectivity index (χ0) is 18.7. The number of aromatic nitrogens is 2. The molecule has 3 aromatic rings. The van der Waals surface area contributed by atoms with Crippen LogP contribution in [0.4, 0.5) is 5.13 Å². The SMILES string of the molecule is Cc1cc(C)cc(C(=O)Nc2nnc(SCc3cc(C)ccc3C)s2)c1. The largest absolute Gasteiger partial charge is 0.296 e. The van der Waals surface area contributed by atoms with Gasteiger partial charge in [-0.05, 0) is 51.0 Å². The van der Waals surface area contributed by atoms with Crippen molar-refractivity contribution in [1.82, 2.24) is 10.2 Å². The van der Waals surface area contributed by atoms with Crippen LogP contribution in [-0.2, 0) is 5.75 Å². The van der Waals surface area contributed by atoms with E-state index in [2.05, 4.69) is 47.6 Å². The minimum atomic E-state index is -0.154. The van der Waals surface area contributed by atoms with Crippen molar-refractivity contribution in [2.24, 2.45) is 0 Å². The van der Waals surface area contributed by atoms with Crippen molar-refractivity contribution in [3.8, 4) is 0 Å². The molecule has 1 amide bonds. The van der Waals surface area contributed by atoms with E-state index in [1.165, 1.54) is 28.0 Å². The molecule has 0 aliphatic heterocycles. The number of rotatable bonds is 5. The summed E-state index contributed by atoms with van der Waals surface area (Å²) in [7, 11) is 0. The lowest BCUT2D eigenvalue weighted by Gasteiger charge is -2.05. The maximum atomic E-state index is 12.4. The number of carbonyl (C=O) groups excluding carboxylic acids is 1. The lowest BCUT2D eigenvalue weighted by molar-refractivity contribution is 0.102. The van der Waals surface area contributed by atoms with Gasteiger partial charge in [-0.3, -0.25) is 10.1 Å². The molecule has 134 valence electrons. The lowest BCUT2D eigenvalue weighted by Crippen LogP contribution is -2.12. The van der Waals surface area contributed by atoms with Gasteiger partial charge in [0.1, 0.15) is 0 Å². The smallest absolute Gasteiger partial charge is 0.257 e. The van der Waals surface area contributed by atoms with Gasteiger partial charge in [0.05, 0.1) is 0 Å². The molecule has 4 nitrogen and oxygen atoms in total. The van der Waals surface area contributed by atoms with Gasteiger partial charge in [-0.25, -0.2) is 0 Å². The molecule has 1 aromatic heterocycles. The summed E-state index contributed by atoms with van der Waals surface area (Å²) in [5.74, 6) is 0.687. The van der Waals surface area contributed by atoms with E-state index in [0.29, 0.717) is 10.7 Å². The Morgan fingerprint density at radius 3 is 2.46 bits per heavy atom. The summed E-state index contributed by atoms with van der Waals surface area (Å²) in [6.07, 6.45) is 0. The van der Waals surface area contributed by atoms with E-state index in [4.69, 9.17) is 0 Å². The monoisotopic (exact) mass is 383 g/mol. The number of hydrogen-bond acceptors (Lipinski definition) is 5. The number of nitrogens with one attached hydrogen (secondary N) is 1. The van der Waals surface area contributed by atoms with E-state index in [1.807, 2.05) is 32.0 Å². The fraction of sp³-hybridized carbons (Fsp3) is 0.250. The topological polar surface area (TPSA) is 54.9 Å². The van der Waals surface area contributed by atoms with Crippen LogP contribution in [0.1, 0.15) is 38.2 Å². The molecule has 0 saturated heterocycles.